The van der Waals surface area contributed by atoms with E-state index in [1.165, 1.54) is 12.1 Å². The van der Waals surface area contributed by atoms with Crippen molar-refractivity contribution in [1.82, 2.24) is 19.4 Å². The van der Waals surface area contributed by atoms with E-state index in [0.29, 0.717) is 19.6 Å². The number of benzene rings is 2. The molecule has 196 valence electrons. The number of nitrogens with one attached hydrogen (secondary N) is 1. The highest BCUT2D eigenvalue weighted by molar-refractivity contribution is 5.86. The molecule has 0 unspecified atom stereocenters. The number of nitrogens with zero attached hydrogens (tertiary/aromatic N) is 3. The van der Waals surface area contributed by atoms with E-state index in [9.17, 15) is 14.0 Å². The van der Waals surface area contributed by atoms with Crippen molar-refractivity contribution >= 4 is 16.8 Å². The van der Waals surface area contributed by atoms with Crippen LogP contribution in [0.15, 0.2) is 77.9 Å². The predicted octanol–water partition coefficient (Wildman–Crippen LogP) is 4.41. The SMILES string of the molecule is Cn1ccc([C@H]2CCNC[C@@H]2C(=O)N(Cc2cn(Cc3ccc(F)cc3)c3ccccc23)C2CC2)cc1=O. The summed E-state index contributed by atoms with van der Waals surface area (Å²) < 4.78 is 17.2. The van der Waals surface area contributed by atoms with Crippen molar-refractivity contribution in [2.75, 3.05) is 13.1 Å². The Kier molecular flexibility index (Phi) is 6.62. The number of hydrogen-bond acceptors (Lipinski definition) is 3. The molecule has 7 heteroatoms. The van der Waals surface area contributed by atoms with Crippen LogP contribution in [0, 0.1) is 11.7 Å². The molecule has 2 fully saturated rings. The van der Waals surface area contributed by atoms with Gasteiger partial charge in [-0.05, 0) is 72.7 Å². The smallest absolute Gasteiger partial charge is 0.250 e. The number of carbonyl (C=O) groups is 1. The van der Waals surface area contributed by atoms with Crippen LogP contribution < -0.4 is 10.9 Å². The molecule has 1 aliphatic heterocycles. The molecule has 1 amide bonds. The average molecular weight is 513 g/mol. The minimum Gasteiger partial charge on any atom is -0.343 e. The summed E-state index contributed by atoms with van der Waals surface area (Å²) in [7, 11) is 1.75. The molecule has 6 rings (SSSR count). The Labute approximate surface area is 221 Å². The lowest BCUT2D eigenvalue weighted by Gasteiger charge is -2.35. The number of aryl methyl sites for hydroxylation is 1. The lowest BCUT2D eigenvalue weighted by Crippen LogP contribution is -2.47. The number of rotatable bonds is 7. The number of hydrogen-bond donors (Lipinski definition) is 1. The highest BCUT2D eigenvalue weighted by Gasteiger charge is 2.40. The third-order valence-electron chi connectivity index (χ3n) is 8.10. The quantitative estimate of drug-likeness (QED) is 0.399. The molecule has 1 saturated heterocycles. The Morgan fingerprint density at radius 3 is 2.63 bits per heavy atom. The molecule has 6 nitrogen and oxygen atoms in total. The third kappa shape index (κ3) is 4.90. The standard InChI is InChI=1S/C31H33FN4O2/c1-34-15-13-22(16-30(34)37)26-12-14-33-17-28(26)31(38)36(25-10-11-25)20-23-19-35(29-5-3-2-4-27(23)29)18-21-6-8-24(32)9-7-21/h2-9,13,15-16,19,25-26,28,33H,10-12,14,17-18,20H2,1H3/t26-,28+/m1/s1. The van der Waals surface area contributed by atoms with Crippen LogP contribution in [0.3, 0.4) is 0 Å². The molecule has 4 aromatic rings. The molecule has 2 aliphatic rings. The van der Waals surface area contributed by atoms with E-state index in [-0.39, 0.29) is 35.2 Å². The minimum atomic E-state index is -0.239. The highest BCUT2D eigenvalue weighted by atomic mass is 19.1. The summed E-state index contributed by atoms with van der Waals surface area (Å²) in [5.41, 5.74) is 4.17. The van der Waals surface area contributed by atoms with Crippen LogP contribution in [0.4, 0.5) is 4.39 Å². The van der Waals surface area contributed by atoms with Crippen molar-refractivity contribution < 1.29 is 9.18 Å². The summed E-state index contributed by atoms with van der Waals surface area (Å²) in [5, 5.41) is 4.56. The Morgan fingerprint density at radius 1 is 1.08 bits per heavy atom. The number of halogens is 1. The maximum atomic E-state index is 14.1. The molecule has 2 aromatic heterocycles. The molecular weight excluding hydrogens is 479 g/mol. The van der Waals surface area contributed by atoms with Gasteiger partial charge in [0, 0.05) is 62.1 Å². The molecule has 0 bridgehead atoms. The first-order valence-electron chi connectivity index (χ1n) is 13.5. The van der Waals surface area contributed by atoms with E-state index in [4.69, 9.17) is 0 Å². The molecule has 2 atom stereocenters. The Morgan fingerprint density at radius 2 is 1.87 bits per heavy atom. The van der Waals surface area contributed by atoms with E-state index in [1.807, 2.05) is 30.3 Å². The minimum absolute atomic E-state index is 0.0266. The lowest BCUT2D eigenvalue weighted by atomic mass is 9.80. The van der Waals surface area contributed by atoms with Gasteiger partial charge in [0.1, 0.15) is 5.82 Å². The maximum absolute atomic E-state index is 14.1. The van der Waals surface area contributed by atoms with Gasteiger partial charge in [0.15, 0.2) is 0 Å². The van der Waals surface area contributed by atoms with Crippen molar-refractivity contribution in [1.29, 1.82) is 0 Å². The summed E-state index contributed by atoms with van der Waals surface area (Å²) in [6, 6.07) is 18.8. The van der Waals surface area contributed by atoms with Crippen LogP contribution in [-0.4, -0.2) is 39.1 Å². The fourth-order valence-corrected chi connectivity index (χ4v) is 5.85. The first kappa shape index (κ1) is 24.6. The molecule has 1 aliphatic carbocycles. The topological polar surface area (TPSA) is 59.3 Å². The zero-order valence-corrected chi connectivity index (χ0v) is 21.6. The van der Waals surface area contributed by atoms with E-state index in [0.717, 1.165) is 53.4 Å². The number of amides is 1. The van der Waals surface area contributed by atoms with Crippen molar-refractivity contribution in [2.45, 2.75) is 44.3 Å². The van der Waals surface area contributed by atoms with Crippen LogP contribution in [0.5, 0.6) is 0 Å². The first-order valence-corrected chi connectivity index (χ1v) is 13.5. The molecule has 38 heavy (non-hydrogen) atoms. The van der Waals surface area contributed by atoms with Gasteiger partial charge < -0.3 is 19.4 Å². The fraction of sp³-hybridized carbons (Fsp3) is 0.355. The van der Waals surface area contributed by atoms with Crippen LogP contribution in [-0.2, 0) is 24.9 Å². The van der Waals surface area contributed by atoms with Crippen molar-refractivity contribution in [3.05, 3.63) is 106 Å². The van der Waals surface area contributed by atoms with E-state index >= 15 is 0 Å². The molecule has 2 aromatic carbocycles. The van der Waals surface area contributed by atoms with Gasteiger partial charge in [0.05, 0.1) is 5.92 Å². The fourth-order valence-electron chi connectivity index (χ4n) is 5.85. The van der Waals surface area contributed by atoms with Crippen LogP contribution in [0.1, 0.15) is 41.9 Å². The summed E-state index contributed by atoms with van der Waals surface area (Å²) in [5.74, 6) is -0.250. The van der Waals surface area contributed by atoms with Gasteiger partial charge in [-0.25, -0.2) is 4.39 Å². The zero-order chi connectivity index (χ0) is 26.2. The predicted molar refractivity (Wildman–Crippen MR) is 146 cm³/mol. The second-order valence-electron chi connectivity index (χ2n) is 10.7. The Balaban J connectivity index is 1.30. The summed E-state index contributed by atoms with van der Waals surface area (Å²) in [6.07, 6.45) is 6.83. The largest absolute Gasteiger partial charge is 0.343 e. The molecule has 3 heterocycles. The van der Waals surface area contributed by atoms with Gasteiger partial charge in [0.2, 0.25) is 5.91 Å². The van der Waals surface area contributed by atoms with Crippen LogP contribution >= 0.6 is 0 Å². The Hall–Kier alpha value is -3.71. The van der Waals surface area contributed by atoms with Crippen molar-refractivity contribution in [3.63, 3.8) is 0 Å². The number of aromatic nitrogens is 2. The third-order valence-corrected chi connectivity index (χ3v) is 8.10. The van der Waals surface area contributed by atoms with E-state index in [2.05, 4.69) is 33.1 Å². The second kappa shape index (κ2) is 10.2. The van der Waals surface area contributed by atoms with Gasteiger partial charge in [-0.2, -0.15) is 0 Å². The summed E-state index contributed by atoms with van der Waals surface area (Å²) >= 11 is 0. The maximum Gasteiger partial charge on any atom is 0.250 e. The number of fused-ring (bicyclic) bond motifs is 1. The molecular formula is C31H33FN4O2. The second-order valence-corrected chi connectivity index (χ2v) is 10.7. The zero-order valence-electron chi connectivity index (χ0n) is 21.6. The van der Waals surface area contributed by atoms with E-state index in [1.54, 1.807) is 23.9 Å². The number of para-hydroxylation sites is 1. The van der Waals surface area contributed by atoms with Gasteiger partial charge in [-0.3, -0.25) is 9.59 Å². The van der Waals surface area contributed by atoms with Crippen molar-refractivity contribution in [3.8, 4) is 0 Å². The molecule has 1 N–H and O–H groups in total. The molecule has 0 spiro atoms. The number of carbonyl (C=O) groups excluding carboxylic acids is 1. The summed E-state index contributed by atoms with van der Waals surface area (Å²) in [4.78, 5) is 28.6. The molecule has 1 saturated carbocycles. The van der Waals surface area contributed by atoms with Gasteiger partial charge in [-0.1, -0.05) is 30.3 Å². The van der Waals surface area contributed by atoms with E-state index < -0.39 is 0 Å². The van der Waals surface area contributed by atoms with Gasteiger partial charge >= 0.3 is 0 Å². The average Bonchev–Trinajstić information content (AvgIpc) is 3.73. The Bertz CT molecular complexity index is 1520. The normalized spacial score (nSPS) is 19.5. The monoisotopic (exact) mass is 512 g/mol. The van der Waals surface area contributed by atoms with Crippen LogP contribution in [0.2, 0.25) is 0 Å². The highest BCUT2D eigenvalue weighted by Crippen LogP contribution is 2.36. The molecule has 0 radical (unpaired) electrons. The first-order chi connectivity index (χ1) is 18.5. The number of piperidine rings is 1. The number of pyridine rings is 1. The van der Waals surface area contributed by atoms with Gasteiger partial charge in [0.25, 0.3) is 5.56 Å². The van der Waals surface area contributed by atoms with Gasteiger partial charge in [-0.15, -0.1) is 0 Å². The summed E-state index contributed by atoms with van der Waals surface area (Å²) in [6.45, 7) is 2.65. The lowest BCUT2D eigenvalue weighted by molar-refractivity contribution is -0.138. The van der Waals surface area contributed by atoms with Crippen molar-refractivity contribution in [2.24, 2.45) is 13.0 Å². The van der Waals surface area contributed by atoms with Crippen LogP contribution in [0.25, 0.3) is 10.9 Å².